The topological polar surface area (TPSA) is 92.8 Å². The van der Waals surface area contributed by atoms with Gasteiger partial charge in [-0.25, -0.2) is 4.68 Å². The van der Waals surface area contributed by atoms with E-state index in [9.17, 15) is 4.79 Å². The van der Waals surface area contributed by atoms with Gasteiger partial charge in [0.2, 0.25) is 0 Å². The van der Waals surface area contributed by atoms with Gasteiger partial charge in [-0.2, -0.15) is 0 Å². The van der Waals surface area contributed by atoms with Crippen molar-refractivity contribution in [2.45, 2.75) is 64.7 Å². The molecule has 2 aromatic carbocycles. The number of aromatic nitrogens is 5. The molecular weight excluding hydrogens is 512 g/mol. The lowest BCUT2D eigenvalue weighted by atomic mass is 9.99. The minimum atomic E-state index is -0.546. The van der Waals surface area contributed by atoms with Gasteiger partial charge >= 0.3 is 0 Å². The van der Waals surface area contributed by atoms with Gasteiger partial charge < -0.3 is 9.40 Å². The summed E-state index contributed by atoms with van der Waals surface area (Å²) in [7, 11) is 0. The van der Waals surface area contributed by atoms with Crippen molar-refractivity contribution in [2.24, 2.45) is 0 Å². The standard InChI is InChI=1S/C30H31ClN6O2/c1-19-14-20(2)24-16-25(30(38)32-27(24)15-19)28(29-33-34-35-37(29)22-9-4-5-10-22)36(18-23-11-7-13-39-23)17-21-8-3-6-12-26(21)31/h3,6-8,11-16,22,28H,4-5,9-10,17-18H2,1-2H3,(H,32,38)/t28-/m1/s1. The van der Waals surface area contributed by atoms with Gasteiger partial charge in [-0.05, 0) is 84.1 Å². The van der Waals surface area contributed by atoms with Crippen molar-refractivity contribution in [3.63, 3.8) is 0 Å². The van der Waals surface area contributed by atoms with Crippen molar-refractivity contribution < 1.29 is 4.42 Å². The van der Waals surface area contributed by atoms with Crippen LogP contribution in [-0.2, 0) is 13.1 Å². The lowest BCUT2D eigenvalue weighted by Crippen LogP contribution is -2.35. The van der Waals surface area contributed by atoms with E-state index in [1.54, 1.807) is 6.26 Å². The second-order valence-corrected chi connectivity index (χ2v) is 10.9. The van der Waals surface area contributed by atoms with E-state index in [-0.39, 0.29) is 11.6 Å². The highest BCUT2D eigenvalue weighted by atomic mass is 35.5. The molecule has 1 atom stereocenters. The Labute approximate surface area is 231 Å². The zero-order chi connectivity index (χ0) is 26.9. The number of aromatic amines is 1. The van der Waals surface area contributed by atoms with Crippen LogP contribution in [0.3, 0.4) is 0 Å². The summed E-state index contributed by atoms with van der Waals surface area (Å²) in [6.45, 7) is 5.00. The van der Waals surface area contributed by atoms with Gasteiger partial charge in [0.25, 0.3) is 5.56 Å². The molecule has 39 heavy (non-hydrogen) atoms. The Bertz CT molecular complexity index is 1650. The average Bonchev–Trinajstić information content (AvgIpc) is 3.69. The first-order chi connectivity index (χ1) is 19.0. The molecule has 200 valence electrons. The third kappa shape index (κ3) is 5.14. The van der Waals surface area contributed by atoms with Gasteiger partial charge in [0, 0.05) is 28.0 Å². The fourth-order valence-electron chi connectivity index (χ4n) is 5.87. The first-order valence-electron chi connectivity index (χ1n) is 13.4. The van der Waals surface area contributed by atoms with Crippen LogP contribution < -0.4 is 5.56 Å². The normalized spacial score (nSPS) is 15.0. The number of nitrogens with one attached hydrogen (secondary N) is 1. The molecule has 1 aliphatic rings. The molecule has 3 heterocycles. The Morgan fingerprint density at radius 3 is 2.69 bits per heavy atom. The van der Waals surface area contributed by atoms with E-state index in [4.69, 9.17) is 16.0 Å². The van der Waals surface area contributed by atoms with Crippen molar-refractivity contribution in [3.05, 3.63) is 110 Å². The SMILES string of the molecule is Cc1cc(C)c2cc([C@H](c3nnnn3C3CCCC3)N(Cc3ccco3)Cc3ccccc3Cl)c(=O)[nH]c2c1. The molecule has 3 aromatic heterocycles. The summed E-state index contributed by atoms with van der Waals surface area (Å²) >= 11 is 6.64. The molecule has 0 bridgehead atoms. The number of tetrazole rings is 1. The molecule has 1 saturated carbocycles. The Hall–Kier alpha value is -3.75. The van der Waals surface area contributed by atoms with Gasteiger partial charge in [-0.15, -0.1) is 5.10 Å². The molecular formula is C30H31ClN6O2. The number of fused-ring (bicyclic) bond motifs is 1. The highest BCUT2D eigenvalue weighted by Crippen LogP contribution is 2.36. The molecule has 0 saturated heterocycles. The fourth-order valence-corrected chi connectivity index (χ4v) is 6.06. The average molecular weight is 543 g/mol. The maximum absolute atomic E-state index is 13.8. The number of hydrogen-bond acceptors (Lipinski definition) is 6. The molecule has 1 N–H and O–H groups in total. The third-order valence-corrected chi connectivity index (χ3v) is 8.07. The predicted molar refractivity (Wildman–Crippen MR) is 151 cm³/mol. The molecule has 0 spiro atoms. The van der Waals surface area contributed by atoms with Crippen LogP contribution in [0.25, 0.3) is 10.9 Å². The zero-order valence-electron chi connectivity index (χ0n) is 22.1. The van der Waals surface area contributed by atoms with Gasteiger partial charge in [0.1, 0.15) is 11.8 Å². The molecule has 9 heteroatoms. The van der Waals surface area contributed by atoms with Crippen molar-refractivity contribution in [3.8, 4) is 0 Å². The maximum atomic E-state index is 13.8. The van der Waals surface area contributed by atoms with E-state index in [0.29, 0.717) is 29.5 Å². The van der Waals surface area contributed by atoms with Crippen LogP contribution in [0.1, 0.15) is 71.6 Å². The highest BCUT2D eigenvalue weighted by molar-refractivity contribution is 6.31. The summed E-state index contributed by atoms with van der Waals surface area (Å²) in [6, 6.07) is 17.4. The summed E-state index contributed by atoms with van der Waals surface area (Å²) in [4.78, 5) is 19.2. The quantitative estimate of drug-likeness (QED) is 0.248. The number of benzene rings is 2. The molecule has 1 fully saturated rings. The summed E-state index contributed by atoms with van der Waals surface area (Å²) < 4.78 is 7.71. The number of halogens is 1. The largest absolute Gasteiger partial charge is 0.468 e. The molecule has 8 nitrogen and oxygen atoms in total. The number of aryl methyl sites for hydroxylation is 2. The molecule has 0 amide bonds. The molecule has 1 aliphatic carbocycles. The lowest BCUT2D eigenvalue weighted by molar-refractivity contribution is 0.176. The Balaban J connectivity index is 1.56. The Morgan fingerprint density at radius 1 is 1.10 bits per heavy atom. The summed E-state index contributed by atoms with van der Waals surface area (Å²) in [5, 5.41) is 14.8. The van der Waals surface area contributed by atoms with E-state index in [1.807, 2.05) is 60.1 Å². The van der Waals surface area contributed by atoms with Crippen LogP contribution in [0.2, 0.25) is 5.02 Å². The predicted octanol–water partition coefficient (Wildman–Crippen LogP) is 6.28. The number of furan rings is 1. The maximum Gasteiger partial charge on any atom is 0.253 e. The van der Waals surface area contributed by atoms with Crippen LogP contribution >= 0.6 is 11.6 Å². The van der Waals surface area contributed by atoms with Crippen LogP contribution in [-0.4, -0.2) is 30.1 Å². The van der Waals surface area contributed by atoms with Crippen molar-refractivity contribution in [1.29, 1.82) is 0 Å². The van der Waals surface area contributed by atoms with Crippen LogP contribution in [0.5, 0.6) is 0 Å². The second-order valence-electron chi connectivity index (χ2n) is 10.5. The lowest BCUT2D eigenvalue weighted by Gasteiger charge is -2.31. The summed E-state index contributed by atoms with van der Waals surface area (Å²) in [5.74, 6) is 1.42. The van der Waals surface area contributed by atoms with Crippen LogP contribution in [0, 0.1) is 13.8 Å². The number of hydrogen-bond donors (Lipinski definition) is 1. The number of nitrogens with zero attached hydrogens (tertiary/aromatic N) is 5. The van der Waals surface area contributed by atoms with E-state index in [1.165, 1.54) is 0 Å². The molecule has 6 rings (SSSR count). The molecule has 0 radical (unpaired) electrons. The first-order valence-corrected chi connectivity index (χ1v) is 13.8. The fraction of sp³-hybridized carbons (Fsp3) is 0.333. The van der Waals surface area contributed by atoms with Crippen molar-refractivity contribution in [2.75, 3.05) is 0 Å². The summed E-state index contributed by atoms with van der Waals surface area (Å²) in [5.41, 5.74) is 4.38. The smallest absolute Gasteiger partial charge is 0.253 e. The highest BCUT2D eigenvalue weighted by Gasteiger charge is 2.34. The van der Waals surface area contributed by atoms with E-state index in [2.05, 4.69) is 38.4 Å². The third-order valence-electron chi connectivity index (χ3n) is 7.70. The Morgan fingerprint density at radius 2 is 1.92 bits per heavy atom. The van der Waals surface area contributed by atoms with Crippen molar-refractivity contribution >= 4 is 22.5 Å². The van der Waals surface area contributed by atoms with Crippen LogP contribution in [0.4, 0.5) is 0 Å². The zero-order valence-corrected chi connectivity index (χ0v) is 22.9. The number of pyridine rings is 1. The molecule has 0 unspecified atom stereocenters. The first kappa shape index (κ1) is 25.5. The molecule has 5 aromatic rings. The van der Waals surface area contributed by atoms with Crippen molar-refractivity contribution in [1.82, 2.24) is 30.1 Å². The van der Waals surface area contributed by atoms with Gasteiger partial charge in [-0.1, -0.05) is 48.7 Å². The van der Waals surface area contributed by atoms with E-state index < -0.39 is 6.04 Å². The van der Waals surface area contributed by atoms with Gasteiger partial charge in [-0.3, -0.25) is 9.69 Å². The minimum Gasteiger partial charge on any atom is -0.468 e. The minimum absolute atomic E-state index is 0.165. The van der Waals surface area contributed by atoms with Gasteiger partial charge in [0.05, 0.1) is 18.8 Å². The van der Waals surface area contributed by atoms with E-state index >= 15 is 0 Å². The number of H-pyrrole nitrogens is 1. The van der Waals surface area contributed by atoms with Gasteiger partial charge in [0.15, 0.2) is 5.82 Å². The van der Waals surface area contributed by atoms with Crippen LogP contribution in [0.15, 0.2) is 70.1 Å². The monoisotopic (exact) mass is 542 g/mol. The Kier molecular flexibility index (Phi) is 7.06. The summed E-state index contributed by atoms with van der Waals surface area (Å²) in [6.07, 6.45) is 5.97. The van der Waals surface area contributed by atoms with E-state index in [0.717, 1.165) is 59.0 Å². The second kappa shape index (κ2) is 10.8. The number of rotatable bonds is 8. The molecule has 0 aliphatic heterocycles.